The monoisotopic (exact) mass is 350 g/mol. The van der Waals surface area contributed by atoms with Gasteiger partial charge >= 0.3 is 0 Å². The van der Waals surface area contributed by atoms with Gasteiger partial charge in [-0.1, -0.05) is 18.2 Å². The zero-order chi connectivity index (χ0) is 17.0. The molecule has 0 unspecified atom stereocenters. The molecule has 2 aromatic rings. The van der Waals surface area contributed by atoms with Gasteiger partial charge in [-0.2, -0.15) is 0 Å². The highest BCUT2D eigenvalue weighted by atomic mass is 32.2. The number of carbonyl (C=O) groups excluding carboxylic acids is 1. The molecular formula is C16H18N2O3S2. The van der Waals surface area contributed by atoms with Crippen molar-refractivity contribution in [1.82, 2.24) is 0 Å². The Morgan fingerprint density at radius 1 is 1.13 bits per heavy atom. The highest BCUT2D eigenvalue weighted by Gasteiger charge is 2.14. The van der Waals surface area contributed by atoms with Gasteiger partial charge in [0.25, 0.3) is 5.91 Å². The summed E-state index contributed by atoms with van der Waals surface area (Å²) in [5, 5.41) is 2.85. The molecule has 0 bridgehead atoms. The summed E-state index contributed by atoms with van der Waals surface area (Å²) in [5.41, 5.74) is 1.57. The molecule has 0 aliphatic heterocycles. The molecule has 5 nitrogen and oxygen atoms in total. The standard InChI is InChI=1S/C16H18N2O3S2/c1-18(23(3,20)21)13-8-6-7-12(11-13)16(19)17-14-9-4-5-10-15(14)22-2/h4-11H,1-3H3,(H,17,19). The number of carbonyl (C=O) groups is 1. The first kappa shape index (κ1) is 17.4. The Kier molecular flexibility index (Phi) is 5.33. The number of nitrogens with zero attached hydrogens (tertiary/aromatic N) is 1. The highest BCUT2D eigenvalue weighted by Crippen LogP contribution is 2.25. The van der Waals surface area contributed by atoms with Crippen LogP contribution in [0.1, 0.15) is 10.4 Å². The summed E-state index contributed by atoms with van der Waals surface area (Å²) in [4.78, 5) is 13.4. The zero-order valence-corrected chi connectivity index (χ0v) is 14.7. The van der Waals surface area contributed by atoms with Crippen molar-refractivity contribution in [3.05, 3.63) is 54.1 Å². The molecule has 0 saturated carbocycles. The minimum absolute atomic E-state index is 0.282. The Morgan fingerprint density at radius 2 is 1.83 bits per heavy atom. The van der Waals surface area contributed by atoms with Crippen LogP contribution in [0.5, 0.6) is 0 Å². The Bertz CT molecular complexity index is 820. The topological polar surface area (TPSA) is 66.5 Å². The van der Waals surface area contributed by atoms with Crippen molar-refractivity contribution in [1.29, 1.82) is 0 Å². The number of para-hydroxylation sites is 1. The van der Waals surface area contributed by atoms with Crippen LogP contribution in [-0.4, -0.2) is 33.9 Å². The molecule has 122 valence electrons. The third-order valence-corrected chi connectivity index (χ3v) is 5.33. The van der Waals surface area contributed by atoms with Crippen LogP contribution in [0.15, 0.2) is 53.4 Å². The second-order valence-electron chi connectivity index (χ2n) is 4.94. The smallest absolute Gasteiger partial charge is 0.255 e. The van der Waals surface area contributed by atoms with Gasteiger partial charge in [0.15, 0.2) is 0 Å². The Hall–Kier alpha value is -1.99. The zero-order valence-electron chi connectivity index (χ0n) is 13.1. The maximum Gasteiger partial charge on any atom is 0.255 e. The third-order valence-electron chi connectivity index (χ3n) is 3.32. The van der Waals surface area contributed by atoms with Gasteiger partial charge in [0, 0.05) is 17.5 Å². The Balaban J connectivity index is 2.27. The van der Waals surface area contributed by atoms with Crippen LogP contribution in [0.4, 0.5) is 11.4 Å². The van der Waals surface area contributed by atoms with Crippen molar-refractivity contribution in [3.63, 3.8) is 0 Å². The molecule has 0 radical (unpaired) electrons. The molecule has 1 amide bonds. The highest BCUT2D eigenvalue weighted by molar-refractivity contribution is 7.98. The second-order valence-corrected chi connectivity index (χ2v) is 7.80. The van der Waals surface area contributed by atoms with E-state index in [-0.39, 0.29) is 5.91 Å². The SMILES string of the molecule is CSc1ccccc1NC(=O)c1cccc(N(C)S(C)(=O)=O)c1. The van der Waals surface area contributed by atoms with E-state index < -0.39 is 10.0 Å². The molecule has 0 fully saturated rings. The van der Waals surface area contributed by atoms with Gasteiger partial charge in [-0.3, -0.25) is 9.10 Å². The lowest BCUT2D eigenvalue weighted by Gasteiger charge is -2.17. The van der Waals surface area contributed by atoms with Crippen LogP contribution in [0.25, 0.3) is 0 Å². The molecule has 0 heterocycles. The molecule has 0 aliphatic carbocycles. The number of anilines is 2. The largest absolute Gasteiger partial charge is 0.321 e. The molecular weight excluding hydrogens is 332 g/mol. The first-order valence-corrected chi connectivity index (χ1v) is 9.88. The quantitative estimate of drug-likeness (QED) is 0.842. The van der Waals surface area contributed by atoms with E-state index in [1.165, 1.54) is 7.05 Å². The molecule has 2 rings (SSSR count). The first-order chi connectivity index (χ1) is 10.8. The molecule has 0 spiro atoms. The van der Waals surface area contributed by atoms with E-state index in [0.717, 1.165) is 21.1 Å². The Labute approximate surface area is 140 Å². The fourth-order valence-corrected chi connectivity index (χ4v) is 3.03. The van der Waals surface area contributed by atoms with Gasteiger partial charge in [0.05, 0.1) is 17.6 Å². The number of hydrogen-bond donors (Lipinski definition) is 1. The van der Waals surface area contributed by atoms with Gasteiger partial charge in [0.1, 0.15) is 0 Å². The summed E-state index contributed by atoms with van der Waals surface area (Å²) >= 11 is 1.54. The summed E-state index contributed by atoms with van der Waals surface area (Å²) in [6, 6.07) is 14.0. The van der Waals surface area contributed by atoms with E-state index in [1.807, 2.05) is 30.5 Å². The molecule has 1 N–H and O–H groups in total. The van der Waals surface area contributed by atoms with Crippen LogP contribution in [0.3, 0.4) is 0 Å². The number of sulfonamides is 1. The van der Waals surface area contributed by atoms with Crippen molar-refractivity contribution in [2.45, 2.75) is 4.90 Å². The van der Waals surface area contributed by atoms with E-state index in [4.69, 9.17) is 0 Å². The number of benzene rings is 2. The van der Waals surface area contributed by atoms with Gasteiger partial charge in [-0.15, -0.1) is 11.8 Å². The molecule has 0 aromatic heterocycles. The van der Waals surface area contributed by atoms with Crippen LogP contribution in [0.2, 0.25) is 0 Å². The second kappa shape index (κ2) is 7.06. The third kappa shape index (κ3) is 4.27. The van der Waals surface area contributed by atoms with Crippen LogP contribution >= 0.6 is 11.8 Å². The molecule has 0 atom stereocenters. The normalized spacial score (nSPS) is 11.1. The van der Waals surface area contributed by atoms with Crippen LogP contribution < -0.4 is 9.62 Å². The lowest BCUT2D eigenvalue weighted by atomic mass is 10.2. The van der Waals surface area contributed by atoms with Gasteiger partial charge in [0.2, 0.25) is 10.0 Å². The van der Waals surface area contributed by atoms with Crippen LogP contribution in [-0.2, 0) is 10.0 Å². The molecule has 2 aromatic carbocycles. The van der Waals surface area contributed by atoms with Crippen LogP contribution in [0, 0.1) is 0 Å². The molecule has 7 heteroatoms. The Morgan fingerprint density at radius 3 is 2.48 bits per heavy atom. The van der Waals surface area contributed by atoms with Crippen molar-refractivity contribution in [2.75, 3.05) is 29.2 Å². The summed E-state index contributed by atoms with van der Waals surface area (Å²) in [6.07, 6.45) is 3.06. The number of thioether (sulfide) groups is 1. The number of hydrogen-bond acceptors (Lipinski definition) is 4. The molecule has 0 aliphatic rings. The van der Waals surface area contributed by atoms with Crippen molar-refractivity contribution in [3.8, 4) is 0 Å². The number of amides is 1. The van der Waals surface area contributed by atoms with Crippen molar-refractivity contribution in [2.24, 2.45) is 0 Å². The summed E-state index contributed by atoms with van der Waals surface area (Å²) in [7, 11) is -1.92. The number of nitrogens with one attached hydrogen (secondary N) is 1. The van der Waals surface area contributed by atoms with E-state index in [2.05, 4.69) is 5.32 Å². The lowest BCUT2D eigenvalue weighted by Crippen LogP contribution is -2.25. The van der Waals surface area contributed by atoms with Crippen molar-refractivity contribution < 1.29 is 13.2 Å². The van der Waals surface area contributed by atoms with Gasteiger partial charge in [-0.05, 0) is 36.6 Å². The average molecular weight is 350 g/mol. The number of rotatable bonds is 5. The van der Waals surface area contributed by atoms with Gasteiger partial charge in [-0.25, -0.2) is 8.42 Å². The predicted molar refractivity (Wildman–Crippen MR) is 95.9 cm³/mol. The summed E-state index contributed by atoms with van der Waals surface area (Å²) < 4.78 is 24.4. The summed E-state index contributed by atoms with van der Waals surface area (Å²) in [6.45, 7) is 0. The average Bonchev–Trinajstić information content (AvgIpc) is 2.54. The first-order valence-electron chi connectivity index (χ1n) is 6.81. The van der Waals surface area contributed by atoms with Crippen molar-refractivity contribution >= 4 is 39.1 Å². The van der Waals surface area contributed by atoms with E-state index >= 15 is 0 Å². The summed E-state index contributed by atoms with van der Waals surface area (Å²) in [5.74, 6) is -0.282. The maximum atomic E-state index is 12.4. The van der Waals surface area contributed by atoms with E-state index in [0.29, 0.717) is 11.3 Å². The lowest BCUT2D eigenvalue weighted by molar-refractivity contribution is 0.102. The maximum absolute atomic E-state index is 12.4. The molecule has 23 heavy (non-hydrogen) atoms. The van der Waals surface area contributed by atoms with E-state index in [1.54, 1.807) is 36.0 Å². The van der Waals surface area contributed by atoms with E-state index in [9.17, 15) is 13.2 Å². The predicted octanol–water partition coefficient (Wildman–Crippen LogP) is 3.06. The fourth-order valence-electron chi connectivity index (χ4n) is 1.98. The minimum atomic E-state index is -3.37. The molecule has 0 saturated heterocycles. The minimum Gasteiger partial charge on any atom is -0.321 e. The van der Waals surface area contributed by atoms with Gasteiger partial charge < -0.3 is 5.32 Å². The fraction of sp³-hybridized carbons (Fsp3) is 0.188.